The molecule has 0 atom stereocenters. The van der Waals surface area contributed by atoms with Crippen molar-refractivity contribution in [3.05, 3.63) is 47.1 Å². The van der Waals surface area contributed by atoms with Gasteiger partial charge in [-0.2, -0.15) is 0 Å². The Morgan fingerprint density at radius 3 is 2.67 bits per heavy atom. The van der Waals surface area contributed by atoms with E-state index in [1.165, 1.54) is 5.56 Å². The first-order valence-electron chi connectivity index (χ1n) is 4.57. The molecule has 2 aromatic rings. The summed E-state index contributed by atoms with van der Waals surface area (Å²) in [6.45, 7) is 2.04. The van der Waals surface area contributed by atoms with Gasteiger partial charge in [0.1, 0.15) is 0 Å². The van der Waals surface area contributed by atoms with Crippen LogP contribution in [0, 0.1) is 6.92 Å². The summed E-state index contributed by atoms with van der Waals surface area (Å²) in [5.74, 6) is 0.685. The molecule has 0 aliphatic carbocycles. The summed E-state index contributed by atoms with van der Waals surface area (Å²) in [7, 11) is 0. The molecule has 0 fully saturated rings. The van der Waals surface area contributed by atoms with E-state index in [4.69, 9.17) is 11.6 Å². The van der Waals surface area contributed by atoms with E-state index in [1.807, 2.05) is 31.2 Å². The molecule has 0 saturated heterocycles. The maximum atomic E-state index is 5.64. The second kappa shape index (κ2) is 4.28. The Balaban J connectivity index is 2.18. The molecular formula is C11H10ClN3. The van der Waals surface area contributed by atoms with Gasteiger partial charge < -0.3 is 5.32 Å². The summed E-state index contributed by atoms with van der Waals surface area (Å²) in [6.07, 6.45) is 0. The standard InChI is InChI=1S/C11H10ClN3/c1-8-3-2-4-9(7-8)13-11-6-5-10(12)14-15-11/h2-7H,1H3,(H,13,15). The van der Waals surface area contributed by atoms with Crippen LogP contribution in [0.4, 0.5) is 11.5 Å². The lowest BCUT2D eigenvalue weighted by molar-refractivity contribution is 1.04. The average molecular weight is 220 g/mol. The minimum absolute atomic E-state index is 0.393. The van der Waals surface area contributed by atoms with E-state index in [0.717, 1.165) is 5.69 Å². The Kier molecular flexibility index (Phi) is 2.83. The Labute approximate surface area is 93.1 Å². The van der Waals surface area contributed by atoms with Gasteiger partial charge in [0.15, 0.2) is 11.0 Å². The summed E-state index contributed by atoms with van der Waals surface area (Å²) in [4.78, 5) is 0. The number of nitrogens with zero attached hydrogens (tertiary/aromatic N) is 2. The summed E-state index contributed by atoms with van der Waals surface area (Å²) in [5.41, 5.74) is 2.19. The molecule has 1 aromatic heterocycles. The number of halogens is 1. The number of aryl methyl sites for hydroxylation is 1. The van der Waals surface area contributed by atoms with Crippen LogP contribution in [0.3, 0.4) is 0 Å². The molecule has 4 heteroatoms. The second-order valence-electron chi connectivity index (χ2n) is 3.24. The van der Waals surface area contributed by atoms with Crippen molar-refractivity contribution in [1.29, 1.82) is 0 Å². The van der Waals surface area contributed by atoms with Crippen molar-refractivity contribution < 1.29 is 0 Å². The minimum Gasteiger partial charge on any atom is -0.339 e. The highest BCUT2D eigenvalue weighted by atomic mass is 35.5. The molecule has 0 radical (unpaired) electrons. The van der Waals surface area contributed by atoms with Crippen LogP contribution in [0.25, 0.3) is 0 Å². The van der Waals surface area contributed by atoms with E-state index < -0.39 is 0 Å². The molecule has 3 nitrogen and oxygen atoms in total. The molecule has 1 aromatic carbocycles. The van der Waals surface area contributed by atoms with E-state index in [2.05, 4.69) is 15.5 Å². The zero-order valence-electron chi connectivity index (χ0n) is 8.24. The predicted octanol–water partition coefficient (Wildman–Crippen LogP) is 3.18. The fourth-order valence-electron chi connectivity index (χ4n) is 1.25. The van der Waals surface area contributed by atoms with Crippen LogP contribution in [0.15, 0.2) is 36.4 Å². The highest BCUT2D eigenvalue weighted by Crippen LogP contribution is 2.15. The summed E-state index contributed by atoms with van der Waals surface area (Å²) < 4.78 is 0. The number of hydrogen-bond acceptors (Lipinski definition) is 3. The van der Waals surface area contributed by atoms with Crippen LogP contribution in [-0.2, 0) is 0 Å². The van der Waals surface area contributed by atoms with Gasteiger partial charge in [-0.25, -0.2) is 0 Å². The number of nitrogens with one attached hydrogen (secondary N) is 1. The molecule has 0 aliphatic heterocycles. The van der Waals surface area contributed by atoms with Crippen LogP contribution < -0.4 is 5.32 Å². The van der Waals surface area contributed by atoms with Crippen LogP contribution in [0.2, 0.25) is 5.15 Å². The van der Waals surface area contributed by atoms with Crippen molar-refractivity contribution in [2.75, 3.05) is 5.32 Å². The zero-order valence-corrected chi connectivity index (χ0v) is 8.99. The van der Waals surface area contributed by atoms with E-state index in [-0.39, 0.29) is 0 Å². The van der Waals surface area contributed by atoms with E-state index in [0.29, 0.717) is 11.0 Å². The van der Waals surface area contributed by atoms with Gasteiger partial charge >= 0.3 is 0 Å². The lowest BCUT2D eigenvalue weighted by Gasteiger charge is -2.04. The molecule has 0 amide bonds. The Morgan fingerprint density at radius 1 is 1.13 bits per heavy atom. The predicted molar refractivity (Wildman–Crippen MR) is 61.5 cm³/mol. The van der Waals surface area contributed by atoms with Crippen molar-refractivity contribution in [2.24, 2.45) is 0 Å². The molecule has 0 bridgehead atoms. The first kappa shape index (κ1) is 9.93. The van der Waals surface area contributed by atoms with Crippen molar-refractivity contribution in [1.82, 2.24) is 10.2 Å². The molecular weight excluding hydrogens is 210 g/mol. The van der Waals surface area contributed by atoms with E-state index in [1.54, 1.807) is 12.1 Å². The molecule has 0 aliphatic rings. The summed E-state index contributed by atoms with van der Waals surface area (Å²) in [6, 6.07) is 11.5. The van der Waals surface area contributed by atoms with Gasteiger partial charge in [0.2, 0.25) is 0 Å². The third-order valence-electron chi connectivity index (χ3n) is 1.92. The molecule has 0 saturated carbocycles. The van der Waals surface area contributed by atoms with Crippen molar-refractivity contribution in [3.63, 3.8) is 0 Å². The third-order valence-corrected chi connectivity index (χ3v) is 2.12. The van der Waals surface area contributed by atoms with Crippen LogP contribution in [-0.4, -0.2) is 10.2 Å². The van der Waals surface area contributed by atoms with Crippen molar-refractivity contribution in [2.45, 2.75) is 6.92 Å². The monoisotopic (exact) mass is 219 g/mol. The lowest BCUT2D eigenvalue weighted by Crippen LogP contribution is -1.95. The van der Waals surface area contributed by atoms with Gasteiger partial charge in [0, 0.05) is 5.69 Å². The first-order chi connectivity index (χ1) is 7.24. The van der Waals surface area contributed by atoms with E-state index in [9.17, 15) is 0 Å². The normalized spacial score (nSPS) is 10.0. The fourth-order valence-corrected chi connectivity index (χ4v) is 1.35. The smallest absolute Gasteiger partial charge is 0.153 e. The third kappa shape index (κ3) is 2.67. The highest BCUT2D eigenvalue weighted by Gasteiger charge is 1.96. The number of aromatic nitrogens is 2. The Morgan fingerprint density at radius 2 is 2.00 bits per heavy atom. The van der Waals surface area contributed by atoms with Gasteiger partial charge in [-0.3, -0.25) is 0 Å². The van der Waals surface area contributed by atoms with Crippen LogP contribution in [0.5, 0.6) is 0 Å². The number of benzene rings is 1. The first-order valence-corrected chi connectivity index (χ1v) is 4.95. The fraction of sp³-hybridized carbons (Fsp3) is 0.0909. The SMILES string of the molecule is Cc1cccc(Nc2ccc(Cl)nn2)c1. The highest BCUT2D eigenvalue weighted by molar-refractivity contribution is 6.29. The largest absolute Gasteiger partial charge is 0.339 e. The molecule has 1 N–H and O–H groups in total. The van der Waals surface area contributed by atoms with Gasteiger partial charge in [-0.05, 0) is 36.8 Å². The lowest BCUT2D eigenvalue weighted by atomic mass is 10.2. The zero-order chi connectivity index (χ0) is 10.7. The summed E-state index contributed by atoms with van der Waals surface area (Å²) >= 11 is 5.64. The van der Waals surface area contributed by atoms with Gasteiger partial charge in [-0.1, -0.05) is 23.7 Å². The Hall–Kier alpha value is -1.61. The number of hydrogen-bond donors (Lipinski definition) is 1. The number of anilines is 2. The summed E-state index contributed by atoms with van der Waals surface area (Å²) in [5, 5.41) is 11.2. The number of rotatable bonds is 2. The quantitative estimate of drug-likeness (QED) is 0.843. The van der Waals surface area contributed by atoms with Gasteiger partial charge in [0.05, 0.1) is 0 Å². The Bertz CT molecular complexity index is 454. The molecule has 1 heterocycles. The van der Waals surface area contributed by atoms with E-state index >= 15 is 0 Å². The second-order valence-corrected chi connectivity index (χ2v) is 3.62. The van der Waals surface area contributed by atoms with Crippen LogP contribution in [0.1, 0.15) is 5.56 Å². The van der Waals surface area contributed by atoms with Crippen molar-refractivity contribution >= 4 is 23.1 Å². The minimum atomic E-state index is 0.393. The van der Waals surface area contributed by atoms with Gasteiger partial charge in [0.25, 0.3) is 0 Å². The molecule has 0 spiro atoms. The average Bonchev–Trinajstić information content (AvgIpc) is 2.22. The molecule has 76 valence electrons. The molecule has 15 heavy (non-hydrogen) atoms. The topological polar surface area (TPSA) is 37.8 Å². The van der Waals surface area contributed by atoms with Gasteiger partial charge in [-0.15, -0.1) is 10.2 Å². The van der Waals surface area contributed by atoms with Crippen LogP contribution >= 0.6 is 11.6 Å². The van der Waals surface area contributed by atoms with Crippen molar-refractivity contribution in [3.8, 4) is 0 Å². The maximum Gasteiger partial charge on any atom is 0.153 e. The maximum absolute atomic E-state index is 5.64. The molecule has 0 unspecified atom stereocenters. The molecule has 2 rings (SSSR count).